The number of nitrogens with zero attached hydrogens (tertiary/aromatic N) is 3. The molecule has 0 radical (unpaired) electrons. The molecule has 0 saturated carbocycles. The second kappa shape index (κ2) is 8.73. The highest BCUT2D eigenvalue weighted by atomic mass is 32.2. The summed E-state index contributed by atoms with van der Waals surface area (Å²) in [5.74, 6) is 0.423. The van der Waals surface area contributed by atoms with Gasteiger partial charge in [0.25, 0.3) is 0 Å². The Balaban J connectivity index is 1.89. The topological polar surface area (TPSA) is 89.0 Å². The lowest BCUT2D eigenvalue weighted by atomic mass is 10.2. The summed E-state index contributed by atoms with van der Waals surface area (Å²) in [4.78, 5) is 19.1. The smallest absolute Gasteiger partial charge is 0.244 e. The Hall–Kier alpha value is -1.75. The first-order chi connectivity index (χ1) is 13.3. The van der Waals surface area contributed by atoms with Gasteiger partial charge in [0.15, 0.2) is 5.13 Å². The first-order valence-corrected chi connectivity index (χ1v) is 11.8. The molecule has 28 heavy (non-hydrogen) atoms. The third-order valence-electron chi connectivity index (χ3n) is 4.53. The van der Waals surface area contributed by atoms with Crippen LogP contribution in [0.2, 0.25) is 0 Å². The van der Waals surface area contributed by atoms with Gasteiger partial charge in [-0.15, -0.1) is 0 Å². The fraction of sp³-hybridized carbons (Fsp3) is 0.556. The Morgan fingerprint density at radius 2 is 2.21 bits per heavy atom. The molecular formula is C18H25N3O5S2. The van der Waals surface area contributed by atoms with Crippen LogP contribution < -0.4 is 9.64 Å². The van der Waals surface area contributed by atoms with Crippen molar-refractivity contribution in [1.29, 1.82) is 0 Å². The second-order valence-electron chi connectivity index (χ2n) is 6.72. The lowest BCUT2D eigenvalue weighted by Crippen LogP contribution is -2.44. The number of benzene rings is 1. The first-order valence-electron chi connectivity index (χ1n) is 9.14. The average molecular weight is 428 g/mol. The number of sulfonamides is 1. The van der Waals surface area contributed by atoms with Crippen LogP contribution in [-0.4, -0.2) is 69.3 Å². The average Bonchev–Trinajstić information content (AvgIpc) is 3.27. The Kier molecular flexibility index (Phi) is 6.54. The Morgan fingerprint density at radius 1 is 1.43 bits per heavy atom. The maximum Gasteiger partial charge on any atom is 0.244 e. The highest BCUT2D eigenvalue weighted by molar-refractivity contribution is 7.88. The molecule has 1 fully saturated rings. The first kappa shape index (κ1) is 21.0. The van der Waals surface area contributed by atoms with E-state index in [2.05, 4.69) is 4.98 Å². The Morgan fingerprint density at radius 3 is 2.86 bits per heavy atom. The minimum atomic E-state index is -3.46. The molecule has 1 aromatic carbocycles. The van der Waals surface area contributed by atoms with Crippen molar-refractivity contribution < 1.29 is 22.7 Å². The van der Waals surface area contributed by atoms with Crippen LogP contribution in [-0.2, 0) is 19.6 Å². The van der Waals surface area contributed by atoms with Crippen LogP contribution in [0.15, 0.2) is 18.2 Å². The van der Waals surface area contributed by atoms with Crippen molar-refractivity contribution in [3.63, 3.8) is 0 Å². The number of amides is 1. The summed E-state index contributed by atoms with van der Waals surface area (Å²) in [6, 6.07) is 5.61. The van der Waals surface area contributed by atoms with E-state index in [-0.39, 0.29) is 18.6 Å². The number of carbonyl (C=O) groups excluding carboxylic acids is 1. The maximum absolute atomic E-state index is 12.9. The van der Waals surface area contributed by atoms with E-state index in [0.29, 0.717) is 24.9 Å². The molecule has 2 heterocycles. The molecule has 1 atom stereocenters. The minimum Gasteiger partial charge on any atom is -0.494 e. The SMILES string of the molecule is CCOc1ccc2nc(N(CC3CCCO3)C(=O)CN(C)S(C)(=O)=O)sc2c1. The molecule has 1 saturated heterocycles. The zero-order chi connectivity index (χ0) is 20.3. The maximum atomic E-state index is 12.9. The van der Waals surface area contributed by atoms with E-state index in [1.165, 1.54) is 18.4 Å². The molecule has 8 nitrogen and oxygen atoms in total. The molecule has 2 aromatic rings. The van der Waals surface area contributed by atoms with Gasteiger partial charge < -0.3 is 9.47 Å². The van der Waals surface area contributed by atoms with Gasteiger partial charge in [0, 0.05) is 13.7 Å². The largest absolute Gasteiger partial charge is 0.494 e. The fourth-order valence-corrected chi connectivity index (χ4v) is 4.30. The molecule has 3 rings (SSSR count). The molecule has 154 valence electrons. The molecule has 1 aliphatic rings. The molecule has 1 aromatic heterocycles. The molecule has 1 unspecified atom stereocenters. The molecule has 0 aliphatic carbocycles. The zero-order valence-electron chi connectivity index (χ0n) is 16.3. The number of aromatic nitrogens is 1. The van der Waals surface area contributed by atoms with Crippen LogP contribution in [0.5, 0.6) is 5.75 Å². The molecule has 0 N–H and O–H groups in total. The third-order valence-corrected chi connectivity index (χ3v) is 6.83. The lowest BCUT2D eigenvalue weighted by molar-refractivity contribution is -0.119. The second-order valence-corrected chi connectivity index (χ2v) is 9.82. The van der Waals surface area contributed by atoms with Crippen LogP contribution in [0.1, 0.15) is 19.8 Å². The molecular weight excluding hydrogens is 402 g/mol. The zero-order valence-corrected chi connectivity index (χ0v) is 17.9. The van der Waals surface area contributed by atoms with E-state index < -0.39 is 10.0 Å². The van der Waals surface area contributed by atoms with Crippen LogP contribution >= 0.6 is 11.3 Å². The van der Waals surface area contributed by atoms with Crippen molar-refractivity contribution in [3.8, 4) is 5.75 Å². The lowest BCUT2D eigenvalue weighted by Gasteiger charge is -2.25. The van der Waals surface area contributed by atoms with Crippen molar-refractivity contribution in [2.75, 3.05) is 44.5 Å². The van der Waals surface area contributed by atoms with E-state index in [4.69, 9.17) is 9.47 Å². The number of rotatable bonds is 8. The number of fused-ring (bicyclic) bond motifs is 1. The van der Waals surface area contributed by atoms with E-state index >= 15 is 0 Å². The van der Waals surface area contributed by atoms with Crippen LogP contribution in [0.25, 0.3) is 10.2 Å². The summed E-state index contributed by atoms with van der Waals surface area (Å²) < 4.78 is 36.6. The van der Waals surface area contributed by atoms with Gasteiger partial charge in [-0.05, 0) is 38.0 Å². The predicted octanol–water partition coefficient (Wildman–Crippen LogP) is 2.10. The molecule has 10 heteroatoms. The van der Waals surface area contributed by atoms with Crippen molar-refractivity contribution in [3.05, 3.63) is 18.2 Å². The van der Waals surface area contributed by atoms with Crippen LogP contribution in [0.3, 0.4) is 0 Å². The summed E-state index contributed by atoms with van der Waals surface area (Å²) in [7, 11) is -2.06. The summed E-state index contributed by atoms with van der Waals surface area (Å²) >= 11 is 1.38. The summed E-state index contributed by atoms with van der Waals surface area (Å²) in [6.45, 7) is 3.27. The summed E-state index contributed by atoms with van der Waals surface area (Å²) in [6.07, 6.45) is 2.83. The predicted molar refractivity (Wildman–Crippen MR) is 110 cm³/mol. The van der Waals surface area contributed by atoms with Gasteiger partial charge in [-0.3, -0.25) is 9.69 Å². The van der Waals surface area contributed by atoms with Gasteiger partial charge in [0.05, 0.1) is 42.3 Å². The van der Waals surface area contributed by atoms with Crippen molar-refractivity contribution in [1.82, 2.24) is 9.29 Å². The molecule has 0 bridgehead atoms. The van der Waals surface area contributed by atoms with Crippen molar-refractivity contribution in [2.24, 2.45) is 0 Å². The van der Waals surface area contributed by atoms with Gasteiger partial charge in [0.1, 0.15) is 5.75 Å². The number of hydrogen-bond donors (Lipinski definition) is 0. The minimum absolute atomic E-state index is 0.0708. The molecule has 1 aliphatic heterocycles. The van der Waals surface area contributed by atoms with Gasteiger partial charge in [-0.25, -0.2) is 13.4 Å². The fourth-order valence-electron chi connectivity index (χ4n) is 2.94. The highest BCUT2D eigenvalue weighted by Gasteiger charge is 2.28. The van der Waals surface area contributed by atoms with Gasteiger partial charge in [-0.2, -0.15) is 4.31 Å². The van der Waals surface area contributed by atoms with E-state index in [1.807, 2.05) is 25.1 Å². The highest BCUT2D eigenvalue weighted by Crippen LogP contribution is 2.32. The van der Waals surface area contributed by atoms with Crippen molar-refractivity contribution in [2.45, 2.75) is 25.9 Å². The standard InChI is InChI=1S/C18H25N3O5S2/c1-4-25-13-7-8-15-16(10-13)27-18(19-15)21(11-14-6-5-9-26-14)17(22)12-20(2)28(3,23)24/h7-8,10,14H,4-6,9,11-12H2,1-3H3. The van der Waals surface area contributed by atoms with Gasteiger partial charge in [-0.1, -0.05) is 11.3 Å². The number of anilines is 1. The number of likely N-dealkylation sites (N-methyl/N-ethyl adjacent to an activating group) is 1. The van der Waals surface area contributed by atoms with Crippen molar-refractivity contribution >= 4 is 42.6 Å². The van der Waals surface area contributed by atoms with Crippen LogP contribution in [0.4, 0.5) is 5.13 Å². The molecule has 0 spiro atoms. The normalized spacial score (nSPS) is 17.4. The van der Waals surface area contributed by atoms with E-state index in [1.54, 1.807) is 4.90 Å². The van der Waals surface area contributed by atoms with Gasteiger partial charge >= 0.3 is 0 Å². The summed E-state index contributed by atoms with van der Waals surface area (Å²) in [5.41, 5.74) is 0.769. The number of thiazole rings is 1. The monoisotopic (exact) mass is 427 g/mol. The Bertz CT molecular complexity index is 938. The Labute approximate surface area is 169 Å². The third kappa shape index (κ3) is 4.99. The van der Waals surface area contributed by atoms with Gasteiger partial charge in [0.2, 0.25) is 15.9 Å². The summed E-state index contributed by atoms with van der Waals surface area (Å²) in [5, 5.41) is 0.533. The van der Waals surface area contributed by atoms with E-state index in [0.717, 1.165) is 39.4 Å². The number of hydrogen-bond acceptors (Lipinski definition) is 7. The number of ether oxygens (including phenoxy) is 2. The molecule has 1 amide bonds. The van der Waals surface area contributed by atoms with Crippen LogP contribution in [0, 0.1) is 0 Å². The quantitative estimate of drug-likeness (QED) is 0.641. The van der Waals surface area contributed by atoms with E-state index in [9.17, 15) is 13.2 Å². The number of carbonyl (C=O) groups is 1.